The van der Waals surface area contributed by atoms with Crippen molar-refractivity contribution in [3.63, 3.8) is 0 Å². The number of nitrogens with one attached hydrogen (secondary N) is 1. The minimum Gasteiger partial charge on any atom is -0.423 e. The van der Waals surface area contributed by atoms with E-state index in [4.69, 9.17) is 4.42 Å². The summed E-state index contributed by atoms with van der Waals surface area (Å²) in [6.45, 7) is 6.62. The SMILES string of the molecule is CCN1CC(CNC(=O)N2CCN(c3nc4ccccc4o3)CC2)CC1=O. The zero-order valence-corrected chi connectivity index (χ0v) is 15.6. The number of piperazine rings is 1. The molecule has 2 saturated heterocycles. The molecular formula is C19H25N5O3. The highest BCUT2D eigenvalue weighted by molar-refractivity contribution is 5.79. The normalized spacial score (nSPS) is 20.6. The predicted octanol–water partition coefficient (Wildman–Crippen LogP) is 1.53. The van der Waals surface area contributed by atoms with Crippen LogP contribution < -0.4 is 10.2 Å². The number of hydrogen-bond acceptors (Lipinski definition) is 5. The Labute approximate surface area is 158 Å². The number of likely N-dealkylation sites (tertiary alicyclic amines) is 1. The molecule has 4 rings (SSSR count). The molecule has 0 bridgehead atoms. The van der Waals surface area contributed by atoms with Gasteiger partial charge in [-0.05, 0) is 19.1 Å². The topological polar surface area (TPSA) is 81.9 Å². The molecule has 1 N–H and O–H groups in total. The number of urea groups is 1. The number of nitrogens with zero attached hydrogens (tertiary/aromatic N) is 4. The zero-order valence-electron chi connectivity index (χ0n) is 15.6. The molecule has 0 radical (unpaired) electrons. The molecule has 1 aromatic heterocycles. The van der Waals surface area contributed by atoms with Gasteiger partial charge in [-0.3, -0.25) is 4.79 Å². The number of carbonyl (C=O) groups is 2. The lowest BCUT2D eigenvalue weighted by Crippen LogP contribution is -2.52. The molecule has 0 spiro atoms. The van der Waals surface area contributed by atoms with Crippen molar-refractivity contribution in [2.75, 3.05) is 50.7 Å². The number of benzene rings is 1. The number of rotatable bonds is 4. The Hall–Kier alpha value is -2.77. The Balaban J connectivity index is 1.26. The molecule has 8 nitrogen and oxygen atoms in total. The fraction of sp³-hybridized carbons (Fsp3) is 0.526. The van der Waals surface area contributed by atoms with E-state index in [1.54, 1.807) is 0 Å². The molecule has 144 valence electrons. The summed E-state index contributed by atoms with van der Waals surface area (Å²) in [5.74, 6) is 0.395. The van der Waals surface area contributed by atoms with Crippen molar-refractivity contribution in [2.45, 2.75) is 13.3 Å². The third-order valence-electron chi connectivity index (χ3n) is 5.34. The summed E-state index contributed by atoms with van der Waals surface area (Å²) in [5, 5.41) is 2.99. The monoisotopic (exact) mass is 371 g/mol. The Morgan fingerprint density at radius 2 is 2.04 bits per heavy atom. The maximum absolute atomic E-state index is 12.4. The Bertz CT molecular complexity index is 795. The minimum atomic E-state index is -0.0605. The average Bonchev–Trinajstić information content (AvgIpc) is 3.29. The van der Waals surface area contributed by atoms with Gasteiger partial charge < -0.3 is 24.4 Å². The second kappa shape index (κ2) is 7.46. The number of carbonyl (C=O) groups excluding carboxylic acids is 2. The van der Waals surface area contributed by atoms with Crippen LogP contribution in [0.1, 0.15) is 13.3 Å². The van der Waals surface area contributed by atoms with E-state index in [2.05, 4.69) is 15.2 Å². The average molecular weight is 371 g/mol. The summed E-state index contributed by atoms with van der Waals surface area (Å²) >= 11 is 0. The summed E-state index contributed by atoms with van der Waals surface area (Å²) in [6.07, 6.45) is 0.527. The van der Waals surface area contributed by atoms with E-state index in [0.29, 0.717) is 45.2 Å². The Kier molecular flexibility index (Phi) is 4.87. The zero-order chi connectivity index (χ0) is 18.8. The third kappa shape index (κ3) is 3.70. The fourth-order valence-electron chi connectivity index (χ4n) is 3.74. The van der Waals surface area contributed by atoms with Gasteiger partial charge in [0, 0.05) is 58.2 Å². The summed E-state index contributed by atoms with van der Waals surface area (Å²) < 4.78 is 5.81. The molecule has 1 atom stereocenters. The van der Waals surface area contributed by atoms with Crippen LogP contribution in [0.5, 0.6) is 0 Å². The van der Waals surface area contributed by atoms with Crippen LogP contribution in [-0.2, 0) is 4.79 Å². The summed E-state index contributed by atoms with van der Waals surface area (Å²) in [4.78, 5) is 34.5. The second-order valence-electron chi connectivity index (χ2n) is 7.13. The number of aromatic nitrogens is 1. The number of anilines is 1. The maximum Gasteiger partial charge on any atom is 0.317 e. The van der Waals surface area contributed by atoms with Crippen LogP contribution in [0.3, 0.4) is 0 Å². The van der Waals surface area contributed by atoms with Crippen LogP contribution in [0.4, 0.5) is 10.8 Å². The van der Waals surface area contributed by atoms with Crippen LogP contribution in [0.25, 0.3) is 11.1 Å². The quantitative estimate of drug-likeness (QED) is 0.881. The van der Waals surface area contributed by atoms with Crippen LogP contribution in [-0.4, -0.2) is 72.5 Å². The largest absolute Gasteiger partial charge is 0.423 e. The molecule has 8 heteroatoms. The van der Waals surface area contributed by atoms with E-state index >= 15 is 0 Å². The van der Waals surface area contributed by atoms with Crippen molar-refractivity contribution < 1.29 is 14.0 Å². The van der Waals surface area contributed by atoms with E-state index in [1.165, 1.54) is 0 Å². The first-order valence-electron chi connectivity index (χ1n) is 9.55. The highest BCUT2D eigenvalue weighted by atomic mass is 16.4. The van der Waals surface area contributed by atoms with Gasteiger partial charge >= 0.3 is 6.03 Å². The molecule has 27 heavy (non-hydrogen) atoms. The molecule has 3 amide bonds. The number of hydrogen-bond donors (Lipinski definition) is 1. The van der Waals surface area contributed by atoms with E-state index in [9.17, 15) is 9.59 Å². The van der Waals surface area contributed by atoms with Crippen LogP contribution >= 0.6 is 0 Å². The second-order valence-corrected chi connectivity index (χ2v) is 7.13. The maximum atomic E-state index is 12.4. The van der Waals surface area contributed by atoms with Gasteiger partial charge in [-0.15, -0.1) is 0 Å². The van der Waals surface area contributed by atoms with Crippen molar-refractivity contribution in [1.82, 2.24) is 20.1 Å². The van der Waals surface area contributed by atoms with Crippen molar-refractivity contribution in [3.05, 3.63) is 24.3 Å². The van der Waals surface area contributed by atoms with E-state index < -0.39 is 0 Å². The first-order chi connectivity index (χ1) is 13.1. The van der Waals surface area contributed by atoms with E-state index in [-0.39, 0.29) is 17.9 Å². The molecule has 0 aliphatic carbocycles. The molecule has 2 aromatic rings. The smallest absolute Gasteiger partial charge is 0.317 e. The van der Waals surface area contributed by atoms with Gasteiger partial charge in [0.15, 0.2) is 5.58 Å². The first kappa shape index (κ1) is 17.6. The predicted molar refractivity (Wildman–Crippen MR) is 102 cm³/mol. The van der Waals surface area contributed by atoms with Gasteiger partial charge in [0.05, 0.1) is 0 Å². The fourth-order valence-corrected chi connectivity index (χ4v) is 3.74. The van der Waals surface area contributed by atoms with Crippen molar-refractivity contribution >= 4 is 29.1 Å². The lowest BCUT2D eigenvalue weighted by atomic mass is 10.1. The molecule has 2 aliphatic heterocycles. The van der Waals surface area contributed by atoms with Gasteiger partial charge in [-0.2, -0.15) is 4.98 Å². The van der Waals surface area contributed by atoms with Crippen LogP contribution in [0, 0.1) is 5.92 Å². The molecule has 0 saturated carbocycles. The van der Waals surface area contributed by atoms with Crippen LogP contribution in [0.15, 0.2) is 28.7 Å². The van der Waals surface area contributed by atoms with Gasteiger partial charge in [0.25, 0.3) is 6.01 Å². The number of oxazole rings is 1. The lowest BCUT2D eigenvalue weighted by Gasteiger charge is -2.34. The number of amides is 3. The third-order valence-corrected chi connectivity index (χ3v) is 5.34. The molecule has 3 heterocycles. The lowest BCUT2D eigenvalue weighted by molar-refractivity contribution is -0.127. The van der Waals surface area contributed by atoms with Gasteiger partial charge in [0.2, 0.25) is 5.91 Å². The minimum absolute atomic E-state index is 0.0605. The van der Waals surface area contributed by atoms with E-state index in [1.807, 2.05) is 41.0 Å². The number of para-hydroxylation sites is 2. The van der Waals surface area contributed by atoms with E-state index in [0.717, 1.165) is 24.2 Å². The van der Waals surface area contributed by atoms with Crippen molar-refractivity contribution in [2.24, 2.45) is 5.92 Å². The Morgan fingerprint density at radius 1 is 1.26 bits per heavy atom. The summed E-state index contributed by atoms with van der Waals surface area (Å²) in [5.41, 5.74) is 1.62. The molecular weight excluding hydrogens is 346 g/mol. The Morgan fingerprint density at radius 3 is 2.74 bits per heavy atom. The standard InChI is InChI=1S/C19H25N5O3/c1-2-22-13-14(11-17(22)25)12-20-18(26)23-7-9-24(10-8-23)19-21-15-5-3-4-6-16(15)27-19/h3-6,14H,2,7-13H2,1H3,(H,20,26). The molecule has 1 unspecified atom stereocenters. The van der Waals surface area contributed by atoms with Crippen molar-refractivity contribution in [1.29, 1.82) is 0 Å². The highest BCUT2D eigenvalue weighted by Crippen LogP contribution is 2.22. The molecule has 1 aromatic carbocycles. The van der Waals surface area contributed by atoms with Gasteiger partial charge in [-0.25, -0.2) is 4.79 Å². The van der Waals surface area contributed by atoms with Crippen LogP contribution in [0.2, 0.25) is 0 Å². The molecule has 2 fully saturated rings. The highest BCUT2D eigenvalue weighted by Gasteiger charge is 2.29. The first-order valence-corrected chi connectivity index (χ1v) is 9.55. The summed E-state index contributed by atoms with van der Waals surface area (Å²) in [6, 6.07) is 8.25. The van der Waals surface area contributed by atoms with Crippen molar-refractivity contribution in [3.8, 4) is 0 Å². The van der Waals surface area contributed by atoms with Gasteiger partial charge in [-0.1, -0.05) is 12.1 Å². The number of fused-ring (bicyclic) bond motifs is 1. The summed E-state index contributed by atoms with van der Waals surface area (Å²) in [7, 11) is 0. The van der Waals surface area contributed by atoms with Gasteiger partial charge in [0.1, 0.15) is 5.52 Å². The molecule has 2 aliphatic rings.